The minimum absolute atomic E-state index is 0.0251. The number of aromatic nitrogens is 3. The van der Waals surface area contributed by atoms with Gasteiger partial charge in [-0.3, -0.25) is 4.79 Å². The number of nitrogens with one attached hydrogen (secondary N) is 1. The fraction of sp³-hybridized carbons (Fsp3) is 0.308. The molecule has 5 nitrogen and oxygen atoms in total. The molecule has 1 heterocycles. The first-order valence-electron chi connectivity index (χ1n) is 6.36. The smallest absolute Gasteiger partial charge is 0.325 e. The maximum Gasteiger partial charge on any atom is 0.417 e. The molecule has 0 aliphatic rings. The number of thioether (sulfide) groups is 1. The molecular weight excluding hydrogens is 353 g/mol. The molecule has 1 N–H and O–H groups in total. The second kappa shape index (κ2) is 6.79. The van der Waals surface area contributed by atoms with E-state index in [2.05, 4.69) is 15.5 Å². The first-order valence-corrected chi connectivity index (χ1v) is 7.62. The van der Waals surface area contributed by atoms with Crippen LogP contribution in [0.1, 0.15) is 12.5 Å². The number of carbonyl (C=O) groups excluding carboxylic acids is 1. The van der Waals surface area contributed by atoms with Crippen molar-refractivity contribution >= 4 is 35.0 Å². The number of carbonyl (C=O) groups is 1. The number of nitrogens with zero attached hydrogens (tertiary/aromatic N) is 3. The van der Waals surface area contributed by atoms with Gasteiger partial charge in [0.05, 0.1) is 15.8 Å². The van der Waals surface area contributed by atoms with E-state index in [1.54, 1.807) is 18.5 Å². The molecule has 1 unspecified atom stereocenters. The SMILES string of the molecule is CC(Sc1nncn1C)C(=O)Nc1ccc(Cl)c(C(F)(F)F)c1. The van der Waals surface area contributed by atoms with Gasteiger partial charge in [-0.05, 0) is 25.1 Å². The van der Waals surface area contributed by atoms with Crippen molar-refractivity contribution in [2.24, 2.45) is 7.05 Å². The van der Waals surface area contributed by atoms with Crippen LogP contribution in [0.15, 0.2) is 29.7 Å². The molecule has 0 bridgehead atoms. The standard InChI is InChI=1S/C13H12ClF3N4OS/c1-7(23-12-20-18-6-21(12)2)11(22)19-8-3-4-10(14)9(5-8)13(15,16)17/h3-7H,1-2H3,(H,19,22). The largest absolute Gasteiger partial charge is 0.417 e. The highest BCUT2D eigenvalue weighted by molar-refractivity contribution is 8.00. The minimum atomic E-state index is -4.59. The summed E-state index contributed by atoms with van der Waals surface area (Å²) >= 11 is 6.68. The van der Waals surface area contributed by atoms with Crippen molar-refractivity contribution in [2.75, 3.05) is 5.32 Å². The van der Waals surface area contributed by atoms with Gasteiger partial charge in [0.2, 0.25) is 5.91 Å². The molecule has 0 fully saturated rings. The first-order chi connectivity index (χ1) is 10.7. The van der Waals surface area contributed by atoms with Gasteiger partial charge in [-0.15, -0.1) is 10.2 Å². The zero-order valence-electron chi connectivity index (χ0n) is 12.1. The van der Waals surface area contributed by atoms with Crippen LogP contribution in [-0.2, 0) is 18.0 Å². The number of alkyl halides is 3. The molecule has 0 radical (unpaired) electrons. The van der Waals surface area contributed by atoms with Crippen molar-refractivity contribution in [2.45, 2.75) is 23.5 Å². The number of halogens is 4. The van der Waals surface area contributed by atoms with E-state index >= 15 is 0 Å². The Labute approximate surface area is 139 Å². The van der Waals surface area contributed by atoms with Crippen molar-refractivity contribution < 1.29 is 18.0 Å². The first kappa shape index (κ1) is 17.6. The summed E-state index contributed by atoms with van der Waals surface area (Å²) in [5, 5.41) is 9.50. The average molecular weight is 365 g/mol. The van der Waals surface area contributed by atoms with Crippen LogP contribution in [-0.4, -0.2) is 25.9 Å². The van der Waals surface area contributed by atoms with Crippen LogP contribution in [0.5, 0.6) is 0 Å². The molecule has 0 saturated carbocycles. The second-order valence-electron chi connectivity index (χ2n) is 4.67. The number of aryl methyl sites for hydroxylation is 1. The molecule has 2 aromatic rings. The van der Waals surface area contributed by atoms with Crippen molar-refractivity contribution in [1.29, 1.82) is 0 Å². The Bertz CT molecular complexity index is 719. The molecule has 0 aliphatic carbocycles. The summed E-state index contributed by atoms with van der Waals surface area (Å²) in [5.74, 6) is -0.451. The van der Waals surface area contributed by atoms with E-state index in [1.165, 1.54) is 12.4 Å². The molecule has 2 rings (SSSR count). The lowest BCUT2D eigenvalue weighted by atomic mass is 10.2. The van der Waals surface area contributed by atoms with E-state index in [4.69, 9.17) is 11.6 Å². The molecule has 0 spiro atoms. The van der Waals surface area contributed by atoms with Crippen LogP contribution in [0.25, 0.3) is 0 Å². The molecule has 1 amide bonds. The monoisotopic (exact) mass is 364 g/mol. The van der Waals surface area contributed by atoms with E-state index in [-0.39, 0.29) is 5.69 Å². The molecule has 1 aromatic heterocycles. The van der Waals surface area contributed by atoms with E-state index < -0.39 is 27.9 Å². The molecule has 1 atom stereocenters. The lowest BCUT2D eigenvalue weighted by molar-refractivity contribution is -0.137. The van der Waals surface area contributed by atoms with Crippen molar-refractivity contribution in [3.05, 3.63) is 35.1 Å². The molecule has 124 valence electrons. The van der Waals surface area contributed by atoms with E-state index in [9.17, 15) is 18.0 Å². The fourth-order valence-corrected chi connectivity index (χ4v) is 2.67. The summed E-state index contributed by atoms with van der Waals surface area (Å²) in [5.41, 5.74) is -0.970. The molecule has 1 aromatic carbocycles. The number of hydrogen-bond acceptors (Lipinski definition) is 4. The minimum Gasteiger partial charge on any atom is -0.325 e. The third-order valence-corrected chi connectivity index (χ3v) is 4.34. The van der Waals surface area contributed by atoms with Crippen LogP contribution >= 0.6 is 23.4 Å². The Morgan fingerprint density at radius 1 is 1.43 bits per heavy atom. The van der Waals surface area contributed by atoms with E-state index in [0.29, 0.717) is 5.16 Å². The average Bonchev–Trinajstić information content (AvgIpc) is 2.85. The summed E-state index contributed by atoms with van der Waals surface area (Å²) in [7, 11) is 1.72. The third kappa shape index (κ3) is 4.38. The van der Waals surface area contributed by atoms with Gasteiger partial charge in [0, 0.05) is 12.7 Å². The van der Waals surface area contributed by atoms with Gasteiger partial charge in [0.25, 0.3) is 0 Å². The molecule has 0 aliphatic heterocycles. The van der Waals surface area contributed by atoms with Crippen LogP contribution in [0.3, 0.4) is 0 Å². The molecule has 23 heavy (non-hydrogen) atoms. The zero-order chi connectivity index (χ0) is 17.2. The number of rotatable bonds is 4. The van der Waals surface area contributed by atoms with Gasteiger partial charge in [-0.25, -0.2) is 0 Å². The normalized spacial score (nSPS) is 13.0. The maximum atomic E-state index is 12.8. The molecule has 10 heteroatoms. The topological polar surface area (TPSA) is 59.8 Å². The Balaban J connectivity index is 2.09. The number of benzene rings is 1. The lowest BCUT2D eigenvalue weighted by Gasteiger charge is -2.14. The van der Waals surface area contributed by atoms with Crippen LogP contribution < -0.4 is 5.32 Å². The van der Waals surface area contributed by atoms with Gasteiger partial charge in [0.15, 0.2) is 5.16 Å². The van der Waals surface area contributed by atoms with Crippen LogP contribution in [0, 0.1) is 0 Å². The van der Waals surface area contributed by atoms with Gasteiger partial charge in [0.1, 0.15) is 6.33 Å². The predicted molar refractivity (Wildman–Crippen MR) is 81.4 cm³/mol. The van der Waals surface area contributed by atoms with Crippen LogP contribution in [0.2, 0.25) is 5.02 Å². The Kier molecular flexibility index (Phi) is 5.20. The van der Waals surface area contributed by atoms with Gasteiger partial charge in [-0.2, -0.15) is 13.2 Å². The lowest BCUT2D eigenvalue weighted by Crippen LogP contribution is -2.23. The summed E-state index contributed by atoms with van der Waals surface area (Å²) in [6.45, 7) is 1.62. The Morgan fingerprint density at radius 2 is 2.13 bits per heavy atom. The summed E-state index contributed by atoms with van der Waals surface area (Å²) in [6, 6.07) is 3.22. The summed E-state index contributed by atoms with van der Waals surface area (Å²) < 4.78 is 40.0. The maximum absolute atomic E-state index is 12.8. The molecule has 0 saturated heterocycles. The highest BCUT2D eigenvalue weighted by Gasteiger charge is 2.33. The highest BCUT2D eigenvalue weighted by Crippen LogP contribution is 2.36. The van der Waals surface area contributed by atoms with Gasteiger partial charge in [-0.1, -0.05) is 23.4 Å². The number of hydrogen-bond donors (Lipinski definition) is 1. The summed E-state index contributed by atoms with van der Waals surface area (Å²) in [4.78, 5) is 12.1. The van der Waals surface area contributed by atoms with E-state index in [0.717, 1.165) is 23.9 Å². The molecular formula is C13H12ClF3N4OS. The quantitative estimate of drug-likeness (QED) is 0.842. The van der Waals surface area contributed by atoms with Crippen molar-refractivity contribution in [3.8, 4) is 0 Å². The Hall–Kier alpha value is -1.74. The third-order valence-electron chi connectivity index (χ3n) is 2.86. The Morgan fingerprint density at radius 3 is 2.70 bits per heavy atom. The fourth-order valence-electron chi connectivity index (χ4n) is 1.66. The predicted octanol–water partition coefficient (Wildman–Crippen LogP) is 3.61. The van der Waals surface area contributed by atoms with Crippen molar-refractivity contribution in [3.63, 3.8) is 0 Å². The van der Waals surface area contributed by atoms with Crippen LogP contribution in [0.4, 0.5) is 18.9 Å². The number of amides is 1. The highest BCUT2D eigenvalue weighted by atomic mass is 35.5. The summed E-state index contributed by atoms with van der Waals surface area (Å²) in [6.07, 6.45) is -3.10. The van der Waals surface area contributed by atoms with E-state index in [1.807, 2.05) is 0 Å². The van der Waals surface area contributed by atoms with Crippen molar-refractivity contribution in [1.82, 2.24) is 14.8 Å². The number of anilines is 1. The zero-order valence-corrected chi connectivity index (χ0v) is 13.6. The second-order valence-corrected chi connectivity index (χ2v) is 6.38. The van der Waals surface area contributed by atoms with Gasteiger partial charge < -0.3 is 9.88 Å². The van der Waals surface area contributed by atoms with Gasteiger partial charge >= 0.3 is 6.18 Å².